The molecule has 1 heterocycles. The van der Waals surface area contributed by atoms with Crippen LogP contribution in [0.4, 0.5) is 0 Å². The minimum absolute atomic E-state index is 0.751. The normalized spacial score (nSPS) is 10.3. The second kappa shape index (κ2) is 6.37. The molecule has 0 spiro atoms. The summed E-state index contributed by atoms with van der Waals surface area (Å²) in [7, 11) is 3.28. The molecule has 1 aromatic heterocycles. The van der Waals surface area contributed by atoms with E-state index in [0.717, 1.165) is 35.2 Å². The van der Waals surface area contributed by atoms with Crippen molar-refractivity contribution >= 4 is 11.3 Å². The molecule has 1 aromatic carbocycles. The maximum atomic E-state index is 5.27. The molecule has 0 aliphatic carbocycles. The second-order valence-corrected chi connectivity index (χ2v) is 4.70. The zero-order valence-electron chi connectivity index (χ0n) is 10.5. The quantitative estimate of drug-likeness (QED) is 0.870. The van der Waals surface area contributed by atoms with Crippen molar-refractivity contribution in [2.24, 2.45) is 0 Å². The topological polar surface area (TPSA) is 43.4 Å². The van der Waals surface area contributed by atoms with E-state index < -0.39 is 0 Å². The summed E-state index contributed by atoms with van der Waals surface area (Å²) in [6.07, 6.45) is 1.82. The van der Waals surface area contributed by atoms with E-state index in [1.807, 2.05) is 29.8 Å². The molecule has 2 rings (SSSR count). The Morgan fingerprint density at radius 2 is 2.00 bits per heavy atom. The maximum Gasteiger partial charge on any atom is 0.161 e. The Kier molecular flexibility index (Phi) is 4.55. The van der Waals surface area contributed by atoms with Crippen LogP contribution < -0.4 is 14.8 Å². The molecule has 0 aliphatic rings. The number of hydrogen-bond donors (Lipinski definition) is 1. The van der Waals surface area contributed by atoms with E-state index in [1.54, 1.807) is 25.6 Å². The molecule has 18 heavy (non-hydrogen) atoms. The molecule has 96 valence electrons. The van der Waals surface area contributed by atoms with Gasteiger partial charge in [0.25, 0.3) is 0 Å². The van der Waals surface area contributed by atoms with Crippen molar-refractivity contribution in [3.63, 3.8) is 0 Å². The van der Waals surface area contributed by atoms with E-state index in [0.29, 0.717) is 0 Å². The molecule has 0 saturated carbocycles. The fourth-order valence-electron chi connectivity index (χ4n) is 1.64. The third-order valence-electron chi connectivity index (χ3n) is 2.54. The summed E-state index contributed by atoms with van der Waals surface area (Å²) in [4.78, 5) is 4.22. The van der Waals surface area contributed by atoms with Crippen LogP contribution in [0.3, 0.4) is 0 Å². The fourth-order valence-corrected chi connectivity index (χ4v) is 2.23. The summed E-state index contributed by atoms with van der Waals surface area (Å²) in [5.74, 6) is 1.51. The molecule has 0 bridgehead atoms. The lowest BCUT2D eigenvalue weighted by Crippen LogP contribution is -2.12. The summed E-state index contributed by atoms with van der Waals surface area (Å²) < 4.78 is 10.5. The van der Waals surface area contributed by atoms with E-state index in [9.17, 15) is 0 Å². The zero-order valence-corrected chi connectivity index (χ0v) is 11.3. The first-order valence-electron chi connectivity index (χ1n) is 5.63. The first-order valence-corrected chi connectivity index (χ1v) is 6.51. The SMILES string of the molecule is COc1ccc(CNCc2nccs2)cc1OC. The van der Waals surface area contributed by atoms with E-state index >= 15 is 0 Å². The molecule has 1 N–H and O–H groups in total. The monoisotopic (exact) mass is 264 g/mol. The van der Waals surface area contributed by atoms with Gasteiger partial charge in [0.05, 0.1) is 14.2 Å². The highest BCUT2D eigenvalue weighted by atomic mass is 32.1. The molecule has 0 unspecified atom stereocenters. The Bertz CT molecular complexity index is 486. The summed E-state index contributed by atoms with van der Waals surface area (Å²) in [6.45, 7) is 1.56. The number of nitrogens with zero attached hydrogens (tertiary/aromatic N) is 1. The average Bonchev–Trinajstić information content (AvgIpc) is 2.91. The average molecular weight is 264 g/mol. The highest BCUT2D eigenvalue weighted by molar-refractivity contribution is 7.09. The first kappa shape index (κ1) is 12.9. The van der Waals surface area contributed by atoms with Gasteiger partial charge in [0.2, 0.25) is 0 Å². The van der Waals surface area contributed by atoms with Crippen LogP contribution in [-0.2, 0) is 13.1 Å². The summed E-state index contributed by atoms with van der Waals surface area (Å²) in [5, 5.41) is 6.42. The van der Waals surface area contributed by atoms with Gasteiger partial charge in [0, 0.05) is 24.7 Å². The van der Waals surface area contributed by atoms with Gasteiger partial charge in [-0.25, -0.2) is 4.98 Å². The van der Waals surface area contributed by atoms with Crippen LogP contribution in [0.15, 0.2) is 29.8 Å². The van der Waals surface area contributed by atoms with Crippen LogP contribution in [0.25, 0.3) is 0 Å². The largest absolute Gasteiger partial charge is 0.493 e. The number of thiazole rings is 1. The first-order chi connectivity index (χ1) is 8.83. The number of nitrogens with one attached hydrogen (secondary N) is 1. The van der Waals surface area contributed by atoms with Gasteiger partial charge in [-0.3, -0.25) is 0 Å². The van der Waals surface area contributed by atoms with Crippen LogP contribution in [0.1, 0.15) is 10.6 Å². The molecule has 0 atom stereocenters. The fraction of sp³-hybridized carbons (Fsp3) is 0.308. The lowest BCUT2D eigenvalue weighted by molar-refractivity contribution is 0.354. The van der Waals surface area contributed by atoms with Gasteiger partial charge in [-0.1, -0.05) is 6.07 Å². The van der Waals surface area contributed by atoms with Crippen molar-refractivity contribution in [1.82, 2.24) is 10.3 Å². The van der Waals surface area contributed by atoms with Crippen molar-refractivity contribution in [1.29, 1.82) is 0 Å². The maximum absolute atomic E-state index is 5.27. The van der Waals surface area contributed by atoms with Crippen molar-refractivity contribution in [2.75, 3.05) is 14.2 Å². The molecule has 0 fully saturated rings. The summed E-state index contributed by atoms with van der Waals surface area (Å²) in [5.41, 5.74) is 1.16. The van der Waals surface area contributed by atoms with Gasteiger partial charge in [0.15, 0.2) is 11.5 Å². The lowest BCUT2D eigenvalue weighted by atomic mass is 10.2. The number of ether oxygens (including phenoxy) is 2. The minimum Gasteiger partial charge on any atom is -0.493 e. The number of aromatic nitrogens is 1. The molecule has 5 heteroatoms. The van der Waals surface area contributed by atoms with Gasteiger partial charge in [-0.2, -0.15) is 0 Å². The summed E-state index contributed by atoms with van der Waals surface area (Å²) in [6, 6.07) is 5.92. The highest BCUT2D eigenvalue weighted by Crippen LogP contribution is 2.27. The lowest BCUT2D eigenvalue weighted by Gasteiger charge is -2.09. The van der Waals surface area contributed by atoms with Crippen LogP contribution in [0.2, 0.25) is 0 Å². The molecular weight excluding hydrogens is 248 g/mol. The van der Waals surface area contributed by atoms with Crippen LogP contribution in [0, 0.1) is 0 Å². The Morgan fingerprint density at radius 3 is 2.67 bits per heavy atom. The third kappa shape index (κ3) is 3.21. The third-order valence-corrected chi connectivity index (χ3v) is 3.32. The Labute approximate surface area is 111 Å². The number of benzene rings is 1. The predicted molar refractivity (Wildman–Crippen MR) is 72.2 cm³/mol. The molecule has 0 radical (unpaired) electrons. The number of methoxy groups -OCH3 is 2. The molecule has 2 aromatic rings. The van der Waals surface area contributed by atoms with Crippen molar-refractivity contribution in [3.05, 3.63) is 40.3 Å². The molecular formula is C13H16N2O2S. The van der Waals surface area contributed by atoms with Crippen LogP contribution in [-0.4, -0.2) is 19.2 Å². The van der Waals surface area contributed by atoms with Crippen molar-refractivity contribution in [3.8, 4) is 11.5 Å². The standard InChI is InChI=1S/C13H16N2O2S/c1-16-11-4-3-10(7-12(11)17-2)8-14-9-13-15-5-6-18-13/h3-7,14H,8-9H2,1-2H3. The van der Waals surface area contributed by atoms with Crippen LogP contribution >= 0.6 is 11.3 Å². The highest BCUT2D eigenvalue weighted by Gasteiger charge is 2.04. The van der Waals surface area contributed by atoms with Gasteiger partial charge in [-0.05, 0) is 17.7 Å². The Balaban J connectivity index is 1.93. The zero-order chi connectivity index (χ0) is 12.8. The smallest absolute Gasteiger partial charge is 0.161 e. The van der Waals surface area contributed by atoms with Gasteiger partial charge in [-0.15, -0.1) is 11.3 Å². The molecule has 0 amide bonds. The van der Waals surface area contributed by atoms with Gasteiger partial charge < -0.3 is 14.8 Å². The number of hydrogen-bond acceptors (Lipinski definition) is 5. The van der Waals surface area contributed by atoms with Gasteiger partial charge in [0.1, 0.15) is 5.01 Å². The van der Waals surface area contributed by atoms with Gasteiger partial charge >= 0.3 is 0 Å². The van der Waals surface area contributed by atoms with E-state index in [4.69, 9.17) is 9.47 Å². The predicted octanol–water partition coefficient (Wildman–Crippen LogP) is 2.45. The Hall–Kier alpha value is -1.59. The van der Waals surface area contributed by atoms with E-state index in [-0.39, 0.29) is 0 Å². The summed E-state index contributed by atoms with van der Waals surface area (Å²) >= 11 is 1.65. The number of rotatable bonds is 6. The van der Waals surface area contributed by atoms with Crippen molar-refractivity contribution in [2.45, 2.75) is 13.1 Å². The van der Waals surface area contributed by atoms with Crippen LogP contribution in [0.5, 0.6) is 11.5 Å². The molecule has 0 aliphatic heterocycles. The van der Waals surface area contributed by atoms with Crippen molar-refractivity contribution < 1.29 is 9.47 Å². The Morgan fingerprint density at radius 1 is 1.17 bits per heavy atom. The van der Waals surface area contributed by atoms with E-state index in [1.165, 1.54) is 0 Å². The second-order valence-electron chi connectivity index (χ2n) is 3.72. The molecule has 4 nitrogen and oxygen atoms in total. The molecule has 0 saturated heterocycles. The van der Waals surface area contributed by atoms with E-state index in [2.05, 4.69) is 10.3 Å². The minimum atomic E-state index is 0.751.